The third-order valence-electron chi connectivity index (χ3n) is 16.3. The average molecular weight is 1320 g/mol. The number of methoxy groups -OCH3 is 4. The molecule has 0 saturated carbocycles. The van der Waals surface area contributed by atoms with Crippen LogP contribution in [-0.2, 0) is 53.7 Å². The van der Waals surface area contributed by atoms with Crippen LogP contribution in [0, 0.1) is 13.8 Å². The van der Waals surface area contributed by atoms with Crippen LogP contribution in [0.4, 0.5) is 4.79 Å². The summed E-state index contributed by atoms with van der Waals surface area (Å²) >= 11 is 0. The second kappa shape index (κ2) is 31.6. The molecule has 7 aromatic carbocycles. The van der Waals surface area contributed by atoms with Crippen LogP contribution in [0.2, 0.25) is 0 Å². The van der Waals surface area contributed by atoms with Gasteiger partial charge in [0.15, 0.2) is 23.0 Å². The molecular formula is C74H80N10O11S. The van der Waals surface area contributed by atoms with Crippen molar-refractivity contribution in [2.75, 3.05) is 47.3 Å². The molecule has 0 saturated heterocycles. The zero-order valence-electron chi connectivity index (χ0n) is 55.4. The van der Waals surface area contributed by atoms with Crippen LogP contribution in [-0.4, -0.2) is 118 Å². The van der Waals surface area contributed by atoms with Gasteiger partial charge in [-0.05, 0) is 164 Å². The second-order valence-electron chi connectivity index (χ2n) is 23.9. The topological polar surface area (TPSA) is 227 Å². The van der Waals surface area contributed by atoms with Gasteiger partial charge in [-0.25, -0.2) is 23.2 Å². The maximum absolute atomic E-state index is 13.9. The number of carbonyl (C=O) groups excluding carboxylic acids is 2. The first-order valence-corrected chi connectivity index (χ1v) is 33.1. The first-order chi connectivity index (χ1) is 46.4. The number of hydrogen-bond acceptors (Lipinski definition) is 17. The molecule has 10 aromatic rings. The van der Waals surface area contributed by atoms with E-state index in [1.807, 2.05) is 116 Å². The molecule has 0 radical (unpaired) electrons. The minimum Gasteiger partial charge on any atom is -0.496 e. The van der Waals surface area contributed by atoms with Gasteiger partial charge in [0, 0.05) is 54.6 Å². The molecule has 21 nitrogen and oxygen atoms in total. The molecule has 0 aliphatic carbocycles. The molecule has 2 aliphatic rings. The summed E-state index contributed by atoms with van der Waals surface area (Å²) < 4.78 is 73.3. The number of nitrogens with one attached hydrogen (secondary N) is 1. The van der Waals surface area contributed by atoms with Gasteiger partial charge < -0.3 is 47.6 Å². The Morgan fingerprint density at radius 2 is 1.15 bits per heavy atom. The highest BCUT2D eigenvalue weighted by molar-refractivity contribution is 7.91. The van der Waals surface area contributed by atoms with Crippen molar-refractivity contribution in [1.29, 1.82) is 0 Å². The number of amides is 1. The van der Waals surface area contributed by atoms with Crippen molar-refractivity contribution in [3.63, 3.8) is 0 Å². The van der Waals surface area contributed by atoms with Gasteiger partial charge in [-0.3, -0.25) is 9.69 Å². The van der Waals surface area contributed by atoms with E-state index in [0.29, 0.717) is 61.0 Å². The molecule has 0 spiro atoms. The largest absolute Gasteiger partial charge is 0.496 e. The zero-order chi connectivity index (χ0) is 67.8. The molecule has 22 heteroatoms. The Kier molecular flexibility index (Phi) is 22.5. The highest BCUT2D eigenvalue weighted by atomic mass is 32.2. The molecule has 0 fully saturated rings. The lowest BCUT2D eigenvalue weighted by molar-refractivity contribution is 0.0162. The molecule has 2 unspecified atom stereocenters. The third-order valence-corrected chi connectivity index (χ3v) is 17.8. The van der Waals surface area contributed by atoms with E-state index in [4.69, 9.17) is 33.2 Å². The van der Waals surface area contributed by atoms with E-state index in [2.05, 4.69) is 83.9 Å². The SMILES string of the molecule is COc1cc2c(cc1OCc1ccccc1)CCN(C(=O)OC(C)(C)C)C2CS(=O)(=O)c1nnnn1-c1ccccc1.COc1ccc(/C=C/C2NCCc3cc(OCc4ccccc4)c(OC)cc32)cc1Cn1ccnc1C.COc1ccc(C=O)cc1Cn1ccnc1C. The van der Waals surface area contributed by atoms with E-state index < -0.39 is 33.3 Å². The molecule has 5 heterocycles. The van der Waals surface area contributed by atoms with Gasteiger partial charge in [0.25, 0.3) is 5.16 Å². The van der Waals surface area contributed by atoms with E-state index in [-0.39, 0.29) is 17.7 Å². The molecule has 1 N–H and O–H groups in total. The number of fused-ring (bicyclic) bond motifs is 2. The van der Waals surface area contributed by atoms with E-state index in [1.54, 1.807) is 84.7 Å². The Labute approximate surface area is 560 Å². The summed E-state index contributed by atoms with van der Waals surface area (Å²) in [6.07, 6.45) is 13.5. The van der Waals surface area contributed by atoms with Gasteiger partial charge in [0.2, 0.25) is 9.84 Å². The number of carbonyl (C=O) groups is 2. The standard InChI is InChI=1S/C31H33N3O3.C30H33N5O6S.C13H14N2O2/c1-22-32-15-16-34(22)20-26-17-23(10-12-29(26)35-2)9-11-28-27-19-30(36-3)31(18-25(27)13-14-33-28)37-21-24-7-5-4-6-8-24;1-30(2,3)41-29(36)34-16-15-22-17-27(40-19-21-11-7-5-8-12-21)26(39-4)18-24(22)25(34)20-42(37,38)28-31-32-33-35(28)23-13-9-6-10-14-23;1-10-14-5-6-15(10)8-12-7-11(9-16)3-4-13(12)17-2/h4-12,15-19,28,33H,13-14,20-21H2,1-3H3;5-14,17-18,25H,15-16,19-20H2,1-4H3;3-7,9H,8H2,1-2H3/b11-9+;;. The van der Waals surface area contributed by atoms with Crippen LogP contribution in [0.3, 0.4) is 0 Å². The fraction of sp³-hybridized carbons (Fsp3) is 0.284. The van der Waals surface area contributed by atoms with Crippen molar-refractivity contribution in [3.05, 3.63) is 250 Å². The van der Waals surface area contributed by atoms with Gasteiger partial charge >= 0.3 is 6.09 Å². The van der Waals surface area contributed by atoms with Crippen LogP contribution in [0.15, 0.2) is 188 Å². The van der Waals surface area contributed by atoms with Crippen molar-refractivity contribution in [1.82, 2.24) is 49.5 Å². The summed E-state index contributed by atoms with van der Waals surface area (Å²) in [5, 5.41) is 14.7. The van der Waals surface area contributed by atoms with Crippen molar-refractivity contribution < 1.29 is 51.2 Å². The molecule has 2 aliphatic heterocycles. The predicted octanol–water partition coefficient (Wildman–Crippen LogP) is 12.4. The number of sulfone groups is 1. The lowest BCUT2D eigenvalue weighted by Crippen LogP contribution is -2.45. The number of ether oxygens (including phenoxy) is 7. The van der Waals surface area contributed by atoms with E-state index in [9.17, 15) is 18.0 Å². The third kappa shape index (κ3) is 17.2. The molecule has 12 rings (SSSR count). The fourth-order valence-corrected chi connectivity index (χ4v) is 12.8. The highest BCUT2D eigenvalue weighted by Crippen LogP contribution is 2.41. The summed E-state index contributed by atoms with van der Waals surface area (Å²) in [5.74, 6) is 5.58. The average Bonchev–Trinajstić information content (AvgIpc) is 1.13. The number of aldehydes is 1. The van der Waals surface area contributed by atoms with Gasteiger partial charge in [-0.2, -0.15) is 4.68 Å². The van der Waals surface area contributed by atoms with Gasteiger partial charge in [0.05, 0.1) is 65.1 Å². The lowest BCUT2D eigenvalue weighted by Gasteiger charge is -2.38. The van der Waals surface area contributed by atoms with Crippen molar-refractivity contribution in [2.45, 2.75) is 96.6 Å². The number of tetrazole rings is 1. The molecule has 1 amide bonds. The fourth-order valence-electron chi connectivity index (χ4n) is 11.3. The molecular weight excluding hydrogens is 1240 g/mol. The van der Waals surface area contributed by atoms with Crippen molar-refractivity contribution in [2.24, 2.45) is 0 Å². The summed E-state index contributed by atoms with van der Waals surface area (Å²) in [4.78, 5) is 34.1. The summed E-state index contributed by atoms with van der Waals surface area (Å²) in [5.41, 5.74) is 9.68. The number of imidazole rings is 2. The number of nitrogens with zero attached hydrogens (tertiary/aromatic N) is 9. The monoisotopic (exact) mass is 1320 g/mol. The van der Waals surface area contributed by atoms with Crippen molar-refractivity contribution >= 4 is 28.3 Å². The lowest BCUT2D eigenvalue weighted by atomic mass is 9.93. The zero-order valence-corrected chi connectivity index (χ0v) is 56.2. The predicted molar refractivity (Wildman–Crippen MR) is 365 cm³/mol. The Hall–Kier alpha value is -10.6. The highest BCUT2D eigenvalue weighted by Gasteiger charge is 2.40. The van der Waals surface area contributed by atoms with Crippen LogP contribution >= 0.6 is 0 Å². The number of aromatic nitrogens is 8. The smallest absolute Gasteiger partial charge is 0.410 e. The molecule has 498 valence electrons. The summed E-state index contributed by atoms with van der Waals surface area (Å²) in [6, 6.07) is 47.4. The van der Waals surface area contributed by atoms with Gasteiger partial charge in [-0.1, -0.05) is 102 Å². The van der Waals surface area contributed by atoms with Crippen LogP contribution in [0.25, 0.3) is 11.8 Å². The Balaban J connectivity index is 0.000000169. The number of aryl methyl sites for hydroxylation is 2. The van der Waals surface area contributed by atoms with E-state index >= 15 is 0 Å². The van der Waals surface area contributed by atoms with E-state index in [0.717, 1.165) is 87.3 Å². The number of para-hydroxylation sites is 1. The number of benzene rings is 7. The first-order valence-electron chi connectivity index (χ1n) is 31.4. The van der Waals surface area contributed by atoms with Crippen molar-refractivity contribution in [3.8, 4) is 40.2 Å². The normalized spacial score (nSPS) is 14.2. The Bertz CT molecular complexity index is 4400. The van der Waals surface area contributed by atoms with E-state index in [1.165, 1.54) is 27.8 Å². The van der Waals surface area contributed by atoms with Gasteiger partial charge in [0.1, 0.15) is 48.2 Å². The van der Waals surface area contributed by atoms with Crippen LogP contribution in [0.5, 0.6) is 34.5 Å². The minimum atomic E-state index is -4.12. The Morgan fingerprint density at radius 3 is 1.67 bits per heavy atom. The Morgan fingerprint density at radius 1 is 0.625 bits per heavy atom. The van der Waals surface area contributed by atoms with Gasteiger partial charge in [-0.15, -0.1) is 0 Å². The second-order valence-corrected chi connectivity index (χ2v) is 25.8. The minimum absolute atomic E-state index is 0.0854. The summed E-state index contributed by atoms with van der Waals surface area (Å²) in [7, 11) is 2.43. The molecule has 96 heavy (non-hydrogen) atoms. The molecule has 3 aromatic heterocycles. The number of hydrogen-bond donors (Lipinski definition) is 1. The molecule has 2 atom stereocenters. The van der Waals surface area contributed by atoms with Crippen LogP contribution in [0.1, 0.15) is 105 Å². The molecule has 0 bridgehead atoms. The maximum Gasteiger partial charge on any atom is 0.410 e. The quantitative estimate of drug-likeness (QED) is 0.0660. The number of rotatable bonds is 21. The summed E-state index contributed by atoms with van der Waals surface area (Å²) in [6.45, 7) is 12.6. The maximum atomic E-state index is 13.9. The van der Waals surface area contributed by atoms with Crippen LogP contribution < -0.4 is 33.7 Å². The first kappa shape index (κ1) is 68.3.